The normalized spacial score (nSPS) is 23.2. The van der Waals surface area contributed by atoms with Crippen molar-refractivity contribution in [3.05, 3.63) is 24.3 Å². The van der Waals surface area contributed by atoms with E-state index in [1.807, 2.05) is 0 Å². The van der Waals surface area contributed by atoms with E-state index in [1.54, 1.807) is 19.1 Å². The van der Waals surface area contributed by atoms with Gasteiger partial charge < -0.3 is 10.1 Å². The predicted molar refractivity (Wildman–Crippen MR) is 88.7 cm³/mol. The molecule has 1 atom stereocenters. The van der Waals surface area contributed by atoms with Crippen molar-refractivity contribution in [3.63, 3.8) is 0 Å². The van der Waals surface area contributed by atoms with Crippen molar-refractivity contribution < 1.29 is 17.9 Å². The maximum atomic E-state index is 12.7. The summed E-state index contributed by atoms with van der Waals surface area (Å²) in [4.78, 5) is 13.7. The fraction of sp³-hybridized carbons (Fsp3) is 0.429. The Hall–Kier alpha value is -1.55. The molecule has 23 heavy (non-hydrogen) atoms. The van der Waals surface area contributed by atoms with Crippen LogP contribution in [0.25, 0.3) is 0 Å². The third kappa shape index (κ3) is 2.97. The zero-order chi connectivity index (χ0) is 16.6. The van der Waals surface area contributed by atoms with Gasteiger partial charge in [-0.25, -0.2) is 8.42 Å². The zero-order valence-electron chi connectivity index (χ0n) is 12.6. The van der Waals surface area contributed by atoms with Gasteiger partial charge in [-0.05, 0) is 37.3 Å². The lowest BCUT2D eigenvalue weighted by Gasteiger charge is -2.26. The summed E-state index contributed by atoms with van der Waals surface area (Å²) in [7, 11) is -3.61. The summed E-state index contributed by atoms with van der Waals surface area (Å²) in [6.07, 6.45) is 0. The highest BCUT2D eigenvalue weighted by atomic mass is 32.2. The van der Waals surface area contributed by atoms with Crippen molar-refractivity contribution in [2.45, 2.75) is 17.9 Å². The lowest BCUT2D eigenvalue weighted by atomic mass is 10.2. The lowest BCUT2D eigenvalue weighted by Crippen LogP contribution is -2.40. The van der Waals surface area contributed by atoms with Gasteiger partial charge in [0.2, 0.25) is 10.0 Å². The van der Waals surface area contributed by atoms with Crippen LogP contribution in [-0.4, -0.2) is 56.1 Å². The van der Waals surface area contributed by atoms with E-state index < -0.39 is 16.1 Å². The first-order valence-electron chi connectivity index (χ1n) is 7.23. The van der Waals surface area contributed by atoms with E-state index in [-0.39, 0.29) is 15.9 Å². The van der Waals surface area contributed by atoms with Crippen molar-refractivity contribution in [3.8, 4) is 0 Å². The van der Waals surface area contributed by atoms with E-state index in [4.69, 9.17) is 17.0 Å². The number of nitrogens with zero attached hydrogens (tertiary/aromatic N) is 2. The maximum absolute atomic E-state index is 12.7. The molecule has 1 aromatic carbocycles. The first-order chi connectivity index (χ1) is 10.9. The Morgan fingerprint density at radius 1 is 1.30 bits per heavy atom. The van der Waals surface area contributed by atoms with Gasteiger partial charge in [0.25, 0.3) is 5.91 Å². The summed E-state index contributed by atoms with van der Waals surface area (Å²) in [6, 6.07) is 5.87. The number of sulfonamides is 1. The Morgan fingerprint density at radius 2 is 2.00 bits per heavy atom. The van der Waals surface area contributed by atoms with Crippen LogP contribution in [0.2, 0.25) is 0 Å². The molecule has 2 saturated heterocycles. The fourth-order valence-corrected chi connectivity index (χ4v) is 4.39. The van der Waals surface area contributed by atoms with Crippen LogP contribution in [0.5, 0.6) is 0 Å². The molecule has 1 N–H and O–H groups in total. The van der Waals surface area contributed by atoms with Crippen LogP contribution in [-0.2, 0) is 19.6 Å². The summed E-state index contributed by atoms with van der Waals surface area (Å²) in [5, 5.41) is 3.15. The Labute approximate surface area is 140 Å². The maximum Gasteiger partial charge on any atom is 0.255 e. The second-order valence-corrected chi connectivity index (χ2v) is 7.68. The molecule has 0 spiro atoms. The van der Waals surface area contributed by atoms with E-state index in [9.17, 15) is 13.2 Å². The van der Waals surface area contributed by atoms with Gasteiger partial charge in [0.1, 0.15) is 6.04 Å². The standard InChI is InChI=1S/C14H17N3O4S2/c1-10-13(18)17(14(22)15-10)11-3-2-4-12(9-11)23(19,20)16-5-7-21-8-6-16/h2-4,9-10H,5-8H2,1H3,(H,15,22). The second-order valence-electron chi connectivity index (χ2n) is 5.36. The largest absolute Gasteiger partial charge is 0.379 e. The lowest BCUT2D eigenvalue weighted by molar-refractivity contribution is -0.117. The zero-order valence-corrected chi connectivity index (χ0v) is 14.2. The monoisotopic (exact) mass is 355 g/mol. The van der Waals surface area contributed by atoms with E-state index in [0.717, 1.165) is 0 Å². The summed E-state index contributed by atoms with van der Waals surface area (Å²) in [5.74, 6) is -0.198. The van der Waals surface area contributed by atoms with Gasteiger partial charge in [0.15, 0.2) is 5.11 Å². The SMILES string of the molecule is CC1NC(=S)N(c2cccc(S(=O)(=O)N3CCOCC3)c2)C1=O. The smallest absolute Gasteiger partial charge is 0.255 e. The van der Waals surface area contributed by atoms with E-state index >= 15 is 0 Å². The summed E-state index contributed by atoms with van der Waals surface area (Å²) < 4.78 is 32.0. The molecule has 1 unspecified atom stereocenters. The van der Waals surface area contributed by atoms with Gasteiger partial charge in [-0.15, -0.1) is 0 Å². The molecule has 2 aliphatic heterocycles. The molecule has 2 fully saturated rings. The number of amides is 1. The molecule has 0 radical (unpaired) electrons. The van der Waals surface area contributed by atoms with E-state index in [0.29, 0.717) is 32.0 Å². The van der Waals surface area contributed by atoms with Crippen LogP contribution in [0.15, 0.2) is 29.2 Å². The van der Waals surface area contributed by atoms with Gasteiger partial charge in [0, 0.05) is 13.1 Å². The number of nitrogens with one attached hydrogen (secondary N) is 1. The number of ether oxygens (including phenoxy) is 1. The molecule has 0 bridgehead atoms. The molecule has 124 valence electrons. The van der Waals surface area contributed by atoms with Crippen molar-refractivity contribution >= 4 is 38.9 Å². The molecule has 9 heteroatoms. The number of hydrogen-bond acceptors (Lipinski definition) is 5. The van der Waals surface area contributed by atoms with Crippen LogP contribution in [0.4, 0.5) is 5.69 Å². The Balaban J connectivity index is 1.94. The van der Waals surface area contributed by atoms with Gasteiger partial charge in [-0.3, -0.25) is 9.69 Å². The average Bonchev–Trinajstić information content (AvgIpc) is 2.81. The van der Waals surface area contributed by atoms with Crippen molar-refractivity contribution in [2.75, 3.05) is 31.2 Å². The minimum absolute atomic E-state index is 0.145. The van der Waals surface area contributed by atoms with Gasteiger partial charge in [-0.1, -0.05) is 6.07 Å². The molecule has 1 amide bonds. The van der Waals surface area contributed by atoms with Crippen LogP contribution in [0.1, 0.15) is 6.92 Å². The number of benzene rings is 1. The van der Waals surface area contributed by atoms with Crippen molar-refractivity contribution in [1.82, 2.24) is 9.62 Å². The molecule has 7 nitrogen and oxygen atoms in total. The van der Waals surface area contributed by atoms with Crippen LogP contribution in [0.3, 0.4) is 0 Å². The molecule has 0 aliphatic carbocycles. The van der Waals surface area contributed by atoms with Gasteiger partial charge in [0.05, 0.1) is 23.8 Å². The van der Waals surface area contributed by atoms with Crippen molar-refractivity contribution in [1.29, 1.82) is 0 Å². The predicted octanol–water partition coefficient (Wildman–Crippen LogP) is 0.317. The molecule has 3 rings (SSSR count). The average molecular weight is 355 g/mol. The topological polar surface area (TPSA) is 79.0 Å². The third-order valence-electron chi connectivity index (χ3n) is 3.82. The highest BCUT2D eigenvalue weighted by Crippen LogP contribution is 2.25. The minimum Gasteiger partial charge on any atom is -0.379 e. The summed E-state index contributed by atoms with van der Waals surface area (Å²) in [5.41, 5.74) is 0.450. The molecule has 1 aromatic rings. The number of anilines is 1. The van der Waals surface area contributed by atoms with Crippen LogP contribution in [0, 0.1) is 0 Å². The van der Waals surface area contributed by atoms with E-state index in [1.165, 1.54) is 21.3 Å². The quantitative estimate of drug-likeness (QED) is 0.787. The number of rotatable bonds is 3. The number of morpholine rings is 1. The number of thiocarbonyl (C=S) groups is 1. The van der Waals surface area contributed by atoms with E-state index in [2.05, 4.69) is 5.32 Å². The molecule has 0 saturated carbocycles. The summed E-state index contributed by atoms with van der Waals surface area (Å²) in [6.45, 7) is 3.13. The van der Waals surface area contributed by atoms with Gasteiger partial charge in [-0.2, -0.15) is 4.31 Å². The highest BCUT2D eigenvalue weighted by molar-refractivity contribution is 7.89. The van der Waals surface area contributed by atoms with Crippen molar-refractivity contribution in [2.24, 2.45) is 0 Å². The Bertz CT molecular complexity index is 744. The van der Waals surface area contributed by atoms with Gasteiger partial charge >= 0.3 is 0 Å². The molecule has 2 heterocycles. The second kappa shape index (κ2) is 6.16. The number of carbonyl (C=O) groups excluding carboxylic acids is 1. The molecular formula is C14H17N3O4S2. The highest BCUT2D eigenvalue weighted by Gasteiger charge is 2.34. The Kier molecular flexibility index (Phi) is 4.37. The minimum atomic E-state index is -3.61. The number of hydrogen-bond donors (Lipinski definition) is 1. The first kappa shape index (κ1) is 16.3. The fourth-order valence-electron chi connectivity index (χ4n) is 2.57. The Morgan fingerprint density at radius 3 is 2.61 bits per heavy atom. The molecular weight excluding hydrogens is 338 g/mol. The number of carbonyl (C=O) groups is 1. The molecule has 2 aliphatic rings. The molecule has 0 aromatic heterocycles. The van der Waals surface area contributed by atoms with Crippen LogP contribution >= 0.6 is 12.2 Å². The first-order valence-corrected chi connectivity index (χ1v) is 9.08. The van der Waals surface area contributed by atoms with Crippen LogP contribution < -0.4 is 10.2 Å². The third-order valence-corrected chi connectivity index (χ3v) is 6.01. The summed E-state index contributed by atoms with van der Waals surface area (Å²) >= 11 is 5.16.